The highest BCUT2D eigenvalue weighted by molar-refractivity contribution is 5.95. The largest absolute Gasteiger partial charge is 0.494 e. The van der Waals surface area contributed by atoms with Crippen molar-refractivity contribution in [3.8, 4) is 0 Å². The van der Waals surface area contributed by atoms with E-state index in [1.807, 2.05) is 37.3 Å². The minimum absolute atomic E-state index is 0.0996. The van der Waals surface area contributed by atoms with E-state index in [4.69, 9.17) is 21.6 Å². The molecule has 1 aliphatic carbocycles. The molecule has 0 fully saturated rings. The first-order valence-corrected chi connectivity index (χ1v) is 9.01. The topological polar surface area (TPSA) is 97.1 Å². The maximum atomic E-state index is 7.37. The Bertz CT molecular complexity index is 605. The highest BCUT2D eigenvalue weighted by atomic mass is 16.5. The number of anilines is 1. The first kappa shape index (κ1) is 19.1. The molecule has 0 saturated carbocycles. The van der Waals surface area contributed by atoms with Gasteiger partial charge in [0.2, 0.25) is 0 Å². The van der Waals surface area contributed by atoms with Gasteiger partial charge in [0.25, 0.3) is 0 Å². The average molecular weight is 342 g/mol. The van der Waals surface area contributed by atoms with E-state index in [1.165, 1.54) is 0 Å². The zero-order valence-electron chi connectivity index (χ0n) is 15.0. The molecule has 0 spiro atoms. The second-order valence-corrected chi connectivity index (χ2v) is 6.55. The molecule has 25 heavy (non-hydrogen) atoms. The normalized spacial score (nSPS) is 17.7. The van der Waals surface area contributed by atoms with Gasteiger partial charge in [-0.25, -0.2) is 0 Å². The SMILES string of the molecule is CC(N)C1C=CC(OCCCCCNc2ccc(C(=N)N)cc2)=CC1. The molecule has 2 atom stereocenters. The Hall–Kier alpha value is -2.27. The fraction of sp³-hybridized carbons (Fsp3) is 0.450. The Balaban J connectivity index is 1.53. The van der Waals surface area contributed by atoms with Crippen LogP contribution < -0.4 is 16.8 Å². The molecular weight excluding hydrogens is 312 g/mol. The van der Waals surface area contributed by atoms with Crippen LogP contribution in [0.25, 0.3) is 0 Å². The summed E-state index contributed by atoms with van der Waals surface area (Å²) in [5, 5.41) is 10.8. The van der Waals surface area contributed by atoms with E-state index in [1.54, 1.807) is 0 Å². The number of nitrogen functional groups attached to an aromatic ring is 1. The molecule has 1 aliphatic rings. The van der Waals surface area contributed by atoms with Crippen molar-refractivity contribution in [1.82, 2.24) is 0 Å². The van der Waals surface area contributed by atoms with Crippen molar-refractivity contribution in [2.45, 2.75) is 38.6 Å². The zero-order valence-corrected chi connectivity index (χ0v) is 15.0. The number of nitrogens with one attached hydrogen (secondary N) is 2. The summed E-state index contributed by atoms with van der Waals surface area (Å²) in [6.07, 6.45) is 10.6. The monoisotopic (exact) mass is 342 g/mol. The predicted octanol–water partition coefficient (Wildman–Crippen LogP) is 3.38. The number of ether oxygens (including phenoxy) is 1. The number of unbranched alkanes of at least 4 members (excludes halogenated alkanes) is 2. The molecule has 0 bridgehead atoms. The number of hydrogen-bond acceptors (Lipinski definition) is 4. The summed E-state index contributed by atoms with van der Waals surface area (Å²) in [6.45, 7) is 3.73. The van der Waals surface area contributed by atoms with E-state index in [2.05, 4.69) is 17.5 Å². The molecule has 1 aromatic carbocycles. The molecule has 5 nitrogen and oxygen atoms in total. The summed E-state index contributed by atoms with van der Waals surface area (Å²) in [5.74, 6) is 1.51. The molecule has 6 N–H and O–H groups in total. The van der Waals surface area contributed by atoms with Crippen LogP contribution in [-0.2, 0) is 4.74 Å². The summed E-state index contributed by atoms with van der Waals surface area (Å²) in [7, 11) is 0. The summed E-state index contributed by atoms with van der Waals surface area (Å²) in [5.41, 5.74) is 13.2. The number of amidine groups is 1. The summed E-state index contributed by atoms with van der Waals surface area (Å²) in [4.78, 5) is 0. The van der Waals surface area contributed by atoms with Crippen molar-refractivity contribution in [2.75, 3.05) is 18.5 Å². The van der Waals surface area contributed by atoms with Gasteiger partial charge in [0.05, 0.1) is 6.61 Å². The van der Waals surface area contributed by atoms with Crippen LogP contribution in [0.2, 0.25) is 0 Å². The van der Waals surface area contributed by atoms with Gasteiger partial charge in [-0.1, -0.05) is 6.08 Å². The molecule has 1 aromatic rings. The molecule has 2 unspecified atom stereocenters. The van der Waals surface area contributed by atoms with Crippen LogP contribution in [0.15, 0.2) is 48.3 Å². The van der Waals surface area contributed by atoms with Crippen molar-refractivity contribution >= 4 is 11.5 Å². The third-order valence-corrected chi connectivity index (χ3v) is 4.39. The first-order chi connectivity index (χ1) is 12.1. The molecule has 0 aliphatic heterocycles. The van der Waals surface area contributed by atoms with E-state index < -0.39 is 0 Å². The van der Waals surface area contributed by atoms with Crippen molar-refractivity contribution in [2.24, 2.45) is 17.4 Å². The molecule has 2 rings (SSSR count). The Labute approximate surface area is 150 Å². The van der Waals surface area contributed by atoms with Crippen LogP contribution in [0.4, 0.5) is 5.69 Å². The lowest BCUT2D eigenvalue weighted by atomic mass is 9.94. The lowest BCUT2D eigenvalue weighted by Gasteiger charge is -2.19. The van der Waals surface area contributed by atoms with Crippen LogP contribution in [0.1, 0.15) is 38.2 Å². The number of benzene rings is 1. The third kappa shape index (κ3) is 6.63. The number of allylic oxidation sites excluding steroid dienone is 2. The quantitative estimate of drug-likeness (QED) is 0.298. The third-order valence-electron chi connectivity index (χ3n) is 4.39. The molecule has 136 valence electrons. The van der Waals surface area contributed by atoms with Gasteiger partial charge in [0.1, 0.15) is 11.6 Å². The van der Waals surface area contributed by atoms with Gasteiger partial charge >= 0.3 is 0 Å². The summed E-state index contributed by atoms with van der Waals surface area (Å²) < 4.78 is 5.79. The molecule has 5 heteroatoms. The van der Waals surface area contributed by atoms with Crippen LogP contribution in [0.3, 0.4) is 0 Å². The lowest BCUT2D eigenvalue weighted by molar-refractivity contribution is 0.214. The first-order valence-electron chi connectivity index (χ1n) is 9.01. The van der Waals surface area contributed by atoms with Crippen molar-refractivity contribution in [3.05, 3.63) is 53.8 Å². The number of rotatable bonds is 10. The maximum Gasteiger partial charge on any atom is 0.122 e. The minimum Gasteiger partial charge on any atom is -0.494 e. The molecule has 0 saturated heterocycles. The van der Waals surface area contributed by atoms with Gasteiger partial charge in [-0.3, -0.25) is 5.41 Å². The zero-order chi connectivity index (χ0) is 18.1. The predicted molar refractivity (Wildman–Crippen MR) is 105 cm³/mol. The molecular formula is C20H30N4O. The van der Waals surface area contributed by atoms with Crippen LogP contribution in [-0.4, -0.2) is 25.0 Å². The Morgan fingerprint density at radius 1 is 1.28 bits per heavy atom. The highest BCUT2D eigenvalue weighted by Crippen LogP contribution is 2.19. The summed E-state index contributed by atoms with van der Waals surface area (Å²) >= 11 is 0. The standard InChI is InChI=1S/C20H30N4O/c1-15(21)16-7-11-19(12-8-16)25-14-4-2-3-13-24-18-9-5-17(6-10-18)20(22)23/h5-7,9-12,15-16,24H,2-4,8,13-14,21H2,1H3,(H3,22,23). The smallest absolute Gasteiger partial charge is 0.122 e. The minimum atomic E-state index is 0.0996. The average Bonchev–Trinajstić information content (AvgIpc) is 2.61. The van der Waals surface area contributed by atoms with Gasteiger partial charge in [-0.05, 0) is 74.9 Å². The number of hydrogen-bond donors (Lipinski definition) is 4. The fourth-order valence-corrected chi connectivity index (χ4v) is 2.71. The fourth-order valence-electron chi connectivity index (χ4n) is 2.71. The van der Waals surface area contributed by atoms with Crippen molar-refractivity contribution < 1.29 is 4.74 Å². The van der Waals surface area contributed by atoms with E-state index in [-0.39, 0.29) is 11.9 Å². The van der Waals surface area contributed by atoms with Crippen LogP contribution in [0, 0.1) is 11.3 Å². The Morgan fingerprint density at radius 3 is 2.64 bits per heavy atom. The Kier molecular flexibility index (Phi) is 7.54. The molecule has 0 radical (unpaired) electrons. The molecule has 0 amide bonds. The van der Waals surface area contributed by atoms with Crippen LogP contribution in [0.5, 0.6) is 0 Å². The van der Waals surface area contributed by atoms with Gasteiger partial charge in [-0.2, -0.15) is 0 Å². The molecule has 0 aromatic heterocycles. The van der Waals surface area contributed by atoms with E-state index in [9.17, 15) is 0 Å². The van der Waals surface area contributed by atoms with Gasteiger partial charge < -0.3 is 21.5 Å². The second-order valence-electron chi connectivity index (χ2n) is 6.55. The van der Waals surface area contributed by atoms with Crippen LogP contribution >= 0.6 is 0 Å². The maximum absolute atomic E-state index is 7.37. The van der Waals surface area contributed by atoms with Gasteiger partial charge in [0.15, 0.2) is 0 Å². The van der Waals surface area contributed by atoms with Gasteiger partial charge in [-0.15, -0.1) is 0 Å². The van der Waals surface area contributed by atoms with Crippen molar-refractivity contribution in [3.63, 3.8) is 0 Å². The van der Waals surface area contributed by atoms with Crippen molar-refractivity contribution in [1.29, 1.82) is 5.41 Å². The second kappa shape index (κ2) is 9.89. The number of nitrogens with two attached hydrogens (primary N) is 2. The molecule has 0 heterocycles. The summed E-state index contributed by atoms with van der Waals surface area (Å²) in [6, 6.07) is 7.83. The van der Waals surface area contributed by atoms with E-state index >= 15 is 0 Å². The van der Waals surface area contributed by atoms with E-state index in [0.717, 1.165) is 55.8 Å². The Morgan fingerprint density at radius 2 is 2.04 bits per heavy atom. The van der Waals surface area contributed by atoms with E-state index in [0.29, 0.717) is 5.92 Å². The lowest BCUT2D eigenvalue weighted by Crippen LogP contribution is -2.25. The van der Waals surface area contributed by atoms with Gasteiger partial charge in [0, 0.05) is 23.8 Å². The highest BCUT2D eigenvalue weighted by Gasteiger charge is 2.12.